The highest BCUT2D eigenvalue weighted by molar-refractivity contribution is 7.98. The van der Waals surface area contributed by atoms with E-state index in [0.29, 0.717) is 6.42 Å². The maximum absolute atomic E-state index is 13.0. The molecule has 1 unspecified atom stereocenters. The van der Waals surface area contributed by atoms with Crippen molar-refractivity contribution in [2.45, 2.75) is 23.5 Å². The lowest BCUT2D eigenvalue weighted by atomic mass is 10.0. The number of hydrogen-bond donors (Lipinski definition) is 1. The zero-order valence-electron chi connectivity index (χ0n) is 11.4. The first-order valence-corrected chi connectivity index (χ1v) is 7.81. The Hall–Kier alpha value is -1.62. The van der Waals surface area contributed by atoms with Crippen molar-refractivity contribution < 1.29 is 13.2 Å². The fraction of sp³-hybridized carbons (Fsp3) is 0.250. The summed E-state index contributed by atoms with van der Waals surface area (Å²) in [7, 11) is 0. The first-order valence-electron chi connectivity index (χ1n) is 6.58. The molecule has 0 saturated heterocycles. The van der Waals surface area contributed by atoms with Crippen LogP contribution in [-0.2, 0) is 12.6 Å². The summed E-state index contributed by atoms with van der Waals surface area (Å²) in [4.78, 5) is 1.14. The van der Waals surface area contributed by atoms with Crippen LogP contribution in [0, 0.1) is 0 Å². The van der Waals surface area contributed by atoms with Gasteiger partial charge in [-0.15, -0.1) is 11.8 Å². The van der Waals surface area contributed by atoms with E-state index in [1.165, 1.54) is 6.07 Å². The van der Waals surface area contributed by atoms with Gasteiger partial charge in [-0.25, -0.2) is 0 Å². The second kappa shape index (κ2) is 5.30. The van der Waals surface area contributed by atoms with Crippen LogP contribution >= 0.6 is 11.8 Å². The van der Waals surface area contributed by atoms with Crippen LogP contribution in [-0.4, -0.2) is 6.26 Å². The third-order valence-corrected chi connectivity index (χ3v) is 4.46. The highest BCUT2D eigenvalue weighted by atomic mass is 32.2. The van der Waals surface area contributed by atoms with Gasteiger partial charge in [0.25, 0.3) is 0 Å². The number of hydrogen-bond acceptors (Lipinski definition) is 2. The van der Waals surface area contributed by atoms with Gasteiger partial charge in [-0.3, -0.25) is 0 Å². The number of para-hydroxylation sites is 1. The summed E-state index contributed by atoms with van der Waals surface area (Å²) in [5.74, 6) is 0. The molecule has 1 N–H and O–H groups in total. The molecule has 3 rings (SSSR count). The predicted molar refractivity (Wildman–Crippen MR) is 79.7 cm³/mol. The topological polar surface area (TPSA) is 12.0 Å². The maximum atomic E-state index is 13.0. The first kappa shape index (κ1) is 14.3. The van der Waals surface area contributed by atoms with Crippen molar-refractivity contribution in [2.24, 2.45) is 0 Å². The Labute approximate surface area is 125 Å². The number of halogens is 3. The van der Waals surface area contributed by atoms with E-state index >= 15 is 0 Å². The molecular weight excluding hydrogens is 295 g/mol. The second-order valence-electron chi connectivity index (χ2n) is 5.01. The molecule has 0 bridgehead atoms. The van der Waals surface area contributed by atoms with Crippen molar-refractivity contribution in [1.29, 1.82) is 0 Å². The summed E-state index contributed by atoms with van der Waals surface area (Å²) in [6.07, 6.45) is -1.75. The largest absolute Gasteiger partial charge is 0.418 e. The fourth-order valence-corrected chi connectivity index (χ4v) is 3.07. The van der Waals surface area contributed by atoms with Gasteiger partial charge < -0.3 is 5.32 Å². The standard InChI is InChI=1S/C16H14F3NS/c1-21-12-7-5-10(6-8-12)14-9-11-3-2-4-13(15(11)20-14)16(17,18)19/h2-8,14,20H,9H2,1H3. The lowest BCUT2D eigenvalue weighted by Gasteiger charge is -2.15. The van der Waals surface area contributed by atoms with Crippen LogP contribution in [0.1, 0.15) is 22.7 Å². The Bertz CT molecular complexity index is 650. The van der Waals surface area contributed by atoms with Crippen LogP contribution in [0.25, 0.3) is 0 Å². The molecule has 21 heavy (non-hydrogen) atoms. The van der Waals surface area contributed by atoms with Crippen LogP contribution in [0.5, 0.6) is 0 Å². The normalized spacial score (nSPS) is 17.4. The second-order valence-corrected chi connectivity index (χ2v) is 5.89. The van der Waals surface area contributed by atoms with E-state index in [9.17, 15) is 13.2 Å². The quantitative estimate of drug-likeness (QED) is 0.771. The van der Waals surface area contributed by atoms with Crippen LogP contribution in [0.4, 0.5) is 18.9 Å². The molecule has 2 aromatic rings. The summed E-state index contributed by atoms with van der Waals surface area (Å²) in [5, 5.41) is 3.04. The smallest absolute Gasteiger partial charge is 0.377 e. The highest BCUT2D eigenvalue weighted by Gasteiger charge is 2.37. The molecule has 1 nitrogen and oxygen atoms in total. The van der Waals surface area contributed by atoms with Crippen LogP contribution in [0.15, 0.2) is 47.4 Å². The number of thioether (sulfide) groups is 1. The van der Waals surface area contributed by atoms with E-state index in [4.69, 9.17) is 0 Å². The van der Waals surface area contributed by atoms with Crippen molar-refractivity contribution >= 4 is 17.4 Å². The van der Waals surface area contributed by atoms with Gasteiger partial charge in [-0.1, -0.05) is 24.3 Å². The van der Waals surface area contributed by atoms with Gasteiger partial charge in [0.05, 0.1) is 17.3 Å². The number of alkyl halides is 3. The van der Waals surface area contributed by atoms with Gasteiger partial charge in [-0.2, -0.15) is 13.2 Å². The van der Waals surface area contributed by atoms with E-state index in [-0.39, 0.29) is 11.7 Å². The zero-order chi connectivity index (χ0) is 15.0. The van der Waals surface area contributed by atoms with Gasteiger partial charge in [-0.05, 0) is 42.0 Å². The predicted octanol–water partition coefficient (Wildman–Crippen LogP) is 5.14. The maximum Gasteiger partial charge on any atom is 0.418 e. The molecule has 5 heteroatoms. The van der Waals surface area contributed by atoms with E-state index in [1.807, 2.05) is 30.5 Å². The highest BCUT2D eigenvalue weighted by Crippen LogP contribution is 2.43. The molecule has 0 aliphatic carbocycles. The monoisotopic (exact) mass is 309 g/mol. The molecule has 1 heterocycles. The molecular formula is C16H14F3NS. The Kier molecular flexibility index (Phi) is 3.61. The van der Waals surface area contributed by atoms with Gasteiger partial charge >= 0.3 is 6.18 Å². The Morgan fingerprint density at radius 3 is 2.43 bits per heavy atom. The van der Waals surface area contributed by atoms with Crippen molar-refractivity contribution in [3.05, 3.63) is 59.2 Å². The minimum absolute atomic E-state index is 0.0978. The molecule has 0 aromatic heterocycles. The third-order valence-electron chi connectivity index (χ3n) is 3.72. The Morgan fingerprint density at radius 2 is 1.81 bits per heavy atom. The summed E-state index contributed by atoms with van der Waals surface area (Å²) in [6.45, 7) is 0. The van der Waals surface area contributed by atoms with Crippen molar-refractivity contribution in [3.63, 3.8) is 0 Å². The summed E-state index contributed by atoms with van der Waals surface area (Å²) in [5.41, 5.74) is 1.38. The lowest BCUT2D eigenvalue weighted by molar-refractivity contribution is -0.136. The molecule has 0 fully saturated rings. The van der Waals surface area contributed by atoms with Gasteiger partial charge in [0.2, 0.25) is 0 Å². The number of fused-ring (bicyclic) bond motifs is 1. The van der Waals surface area contributed by atoms with E-state index in [0.717, 1.165) is 22.1 Å². The van der Waals surface area contributed by atoms with Crippen molar-refractivity contribution in [2.75, 3.05) is 11.6 Å². The lowest BCUT2D eigenvalue weighted by Crippen LogP contribution is -2.10. The molecule has 0 spiro atoms. The SMILES string of the molecule is CSc1ccc(C2Cc3cccc(C(F)(F)F)c3N2)cc1. The van der Waals surface area contributed by atoms with Gasteiger partial charge in [0.15, 0.2) is 0 Å². The first-order chi connectivity index (χ1) is 9.99. The number of benzene rings is 2. The molecule has 2 aromatic carbocycles. The minimum atomic E-state index is -4.32. The van der Waals surface area contributed by atoms with E-state index < -0.39 is 11.7 Å². The molecule has 1 aliphatic heterocycles. The Balaban J connectivity index is 1.90. The summed E-state index contributed by atoms with van der Waals surface area (Å²) >= 11 is 1.64. The minimum Gasteiger partial charge on any atom is -0.377 e. The van der Waals surface area contributed by atoms with Gasteiger partial charge in [0, 0.05) is 4.90 Å². The van der Waals surface area contributed by atoms with Crippen molar-refractivity contribution in [1.82, 2.24) is 0 Å². The van der Waals surface area contributed by atoms with Gasteiger partial charge in [0.1, 0.15) is 0 Å². The number of nitrogens with one attached hydrogen (secondary N) is 1. The zero-order valence-corrected chi connectivity index (χ0v) is 12.2. The fourth-order valence-electron chi connectivity index (χ4n) is 2.66. The molecule has 0 radical (unpaired) electrons. The molecule has 110 valence electrons. The van der Waals surface area contributed by atoms with Crippen LogP contribution in [0.2, 0.25) is 0 Å². The molecule has 0 saturated carbocycles. The van der Waals surface area contributed by atoms with E-state index in [2.05, 4.69) is 5.32 Å². The average molecular weight is 309 g/mol. The third kappa shape index (κ3) is 2.75. The van der Waals surface area contributed by atoms with Crippen LogP contribution in [0.3, 0.4) is 0 Å². The van der Waals surface area contributed by atoms with Crippen LogP contribution < -0.4 is 5.32 Å². The molecule has 1 aliphatic rings. The number of rotatable bonds is 2. The number of anilines is 1. The summed E-state index contributed by atoms with van der Waals surface area (Å²) in [6, 6.07) is 12.2. The van der Waals surface area contributed by atoms with Crippen molar-refractivity contribution in [3.8, 4) is 0 Å². The molecule has 0 amide bonds. The molecule has 1 atom stereocenters. The average Bonchev–Trinajstić information content (AvgIpc) is 2.90. The summed E-state index contributed by atoms with van der Waals surface area (Å²) < 4.78 is 39.1. The Morgan fingerprint density at radius 1 is 1.10 bits per heavy atom. The van der Waals surface area contributed by atoms with E-state index in [1.54, 1.807) is 17.8 Å².